The van der Waals surface area contributed by atoms with E-state index in [9.17, 15) is 14.9 Å². The number of rotatable bonds is 10. The molecule has 0 fully saturated rings. The lowest BCUT2D eigenvalue weighted by Gasteiger charge is -2.37. The number of thioether (sulfide) groups is 1. The summed E-state index contributed by atoms with van der Waals surface area (Å²) in [5.74, 6) is 5.44. The molecule has 0 spiro atoms. The Hall–Kier alpha value is -4.44. The fourth-order valence-electron chi connectivity index (χ4n) is 5.02. The maximum absolute atomic E-state index is 13.2. The topological polar surface area (TPSA) is 108 Å². The van der Waals surface area contributed by atoms with E-state index in [2.05, 4.69) is 36.4 Å². The van der Waals surface area contributed by atoms with Gasteiger partial charge in [0.2, 0.25) is 0 Å². The molecule has 208 valence electrons. The Labute approximate surface area is 242 Å². The van der Waals surface area contributed by atoms with Crippen molar-refractivity contribution in [2.24, 2.45) is 5.90 Å². The minimum Gasteiger partial charge on any atom is -0.444 e. The van der Waals surface area contributed by atoms with Crippen LogP contribution >= 0.6 is 11.8 Å². The highest BCUT2D eigenvalue weighted by atomic mass is 32.2. The highest BCUT2D eigenvalue weighted by Gasteiger charge is 2.42. The predicted molar refractivity (Wildman–Crippen MR) is 159 cm³/mol. The van der Waals surface area contributed by atoms with Crippen LogP contribution in [0.3, 0.4) is 0 Å². The van der Waals surface area contributed by atoms with Crippen molar-refractivity contribution in [3.8, 4) is 0 Å². The third-order valence-corrected chi connectivity index (χ3v) is 8.57. The van der Waals surface area contributed by atoms with Gasteiger partial charge in [-0.3, -0.25) is 19.9 Å². The van der Waals surface area contributed by atoms with Crippen molar-refractivity contribution in [1.82, 2.24) is 4.90 Å². The molecule has 4 aromatic carbocycles. The van der Waals surface area contributed by atoms with Gasteiger partial charge in [-0.1, -0.05) is 91.0 Å². The summed E-state index contributed by atoms with van der Waals surface area (Å²) in [6, 6.07) is 36.9. The summed E-state index contributed by atoms with van der Waals surface area (Å²) in [7, 11) is 0. The first-order chi connectivity index (χ1) is 20.0. The molecule has 0 aliphatic carbocycles. The van der Waals surface area contributed by atoms with Crippen molar-refractivity contribution in [3.05, 3.63) is 159 Å². The summed E-state index contributed by atoms with van der Waals surface area (Å²) in [4.78, 5) is 30.2. The monoisotopic (exact) mass is 567 g/mol. The molecule has 0 aromatic heterocycles. The van der Waals surface area contributed by atoms with Crippen LogP contribution in [0, 0.1) is 10.1 Å². The van der Waals surface area contributed by atoms with E-state index in [0.717, 1.165) is 16.7 Å². The van der Waals surface area contributed by atoms with Crippen molar-refractivity contribution < 1.29 is 19.3 Å². The van der Waals surface area contributed by atoms with E-state index < -0.39 is 15.8 Å². The zero-order valence-corrected chi connectivity index (χ0v) is 23.0. The number of carbonyl (C=O) groups excluding carboxylic acids is 1. The van der Waals surface area contributed by atoms with Gasteiger partial charge < -0.3 is 4.74 Å². The molecule has 8 nitrogen and oxygen atoms in total. The average Bonchev–Trinajstić information content (AvgIpc) is 3.42. The van der Waals surface area contributed by atoms with Crippen molar-refractivity contribution in [2.45, 2.75) is 16.6 Å². The molecule has 0 saturated carbocycles. The molecular formula is C32H29N3O5S. The van der Waals surface area contributed by atoms with Gasteiger partial charge in [0.15, 0.2) is 0 Å². The second kappa shape index (κ2) is 12.8. The standard InChI is InChI=1S/C32H29N3O5S/c33-40-23-29-20-30(21-34(29)31(36)39-22-24-16-18-28(19-17-24)35(37)38)41-32(25-10-4-1-5-11-25,26-12-6-2-7-13-26)27-14-8-3-9-15-27/h1-20,30H,21-23,33H2/t30-/m0/s1. The SMILES string of the molecule is NOCC1=C[C@H](SC(c2ccccc2)(c2ccccc2)c2ccccc2)CN1C(=O)OCc1ccc([N+](=O)[O-])cc1. The summed E-state index contributed by atoms with van der Waals surface area (Å²) >= 11 is 1.74. The number of nitrogens with two attached hydrogens (primary N) is 1. The number of nitro groups is 1. The number of hydrogen-bond donors (Lipinski definition) is 1. The summed E-state index contributed by atoms with van der Waals surface area (Å²) < 4.78 is 5.02. The van der Waals surface area contributed by atoms with Crippen LogP contribution in [0.2, 0.25) is 0 Å². The highest BCUT2D eigenvalue weighted by Crippen LogP contribution is 2.51. The molecule has 4 aromatic rings. The fraction of sp³-hybridized carbons (Fsp3) is 0.156. The van der Waals surface area contributed by atoms with E-state index >= 15 is 0 Å². The lowest BCUT2D eigenvalue weighted by Crippen LogP contribution is -2.34. The summed E-state index contributed by atoms with van der Waals surface area (Å²) in [5.41, 5.74) is 4.58. The molecule has 0 unspecified atom stereocenters. The molecule has 1 heterocycles. The van der Waals surface area contributed by atoms with Gasteiger partial charge in [-0.15, -0.1) is 11.8 Å². The van der Waals surface area contributed by atoms with Crippen LogP contribution < -0.4 is 5.90 Å². The van der Waals surface area contributed by atoms with Crippen LogP contribution in [-0.2, 0) is 20.9 Å². The van der Waals surface area contributed by atoms with Gasteiger partial charge in [-0.05, 0) is 40.5 Å². The summed E-state index contributed by atoms with van der Waals surface area (Å²) in [5, 5.41) is 10.8. The third kappa shape index (κ3) is 6.17. The molecule has 41 heavy (non-hydrogen) atoms. The van der Waals surface area contributed by atoms with Crippen LogP contribution in [0.1, 0.15) is 22.3 Å². The van der Waals surface area contributed by atoms with Gasteiger partial charge in [0.25, 0.3) is 5.69 Å². The van der Waals surface area contributed by atoms with Crippen molar-refractivity contribution in [3.63, 3.8) is 0 Å². The molecule has 2 N–H and O–H groups in total. The molecule has 1 amide bonds. The van der Waals surface area contributed by atoms with Gasteiger partial charge in [0.1, 0.15) is 13.2 Å². The number of amides is 1. The number of hydrogen-bond acceptors (Lipinski definition) is 7. The maximum atomic E-state index is 13.2. The number of nitro benzene ring substituents is 1. The van der Waals surface area contributed by atoms with Gasteiger partial charge in [0, 0.05) is 29.6 Å². The van der Waals surface area contributed by atoms with Gasteiger partial charge in [-0.25, -0.2) is 10.7 Å². The van der Waals surface area contributed by atoms with E-state index in [-0.39, 0.29) is 24.2 Å². The number of benzene rings is 4. The Kier molecular flexibility index (Phi) is 8.79. The first-order valence-electron chi connectivity index (χ1n) is 13.1. The van der Waals surface area contributed by atoms with E-state index in [1.165, 1.54) is 12.1 Å². The number of nitrogens with zero attached hydrogens (tertiary/aromatic N) is 2. The van der Waals surface area contributed by atoms with Gasteiger partial charge in [0.05, 0.1) is 9.67 Å². The Morgan fingerprint density at radius 3 is 1.83 bits per heavy atom. The van der Waals surface area contributed by atoms with Crippen LogP contribution in [0.25, 0.3) is 0 Å². The molecule has 1 aliphatic rings. The molecule has 0 bridgehead atoms. The molecular weight excluding hydrogens is 538 g/mol. The third-order valence-electron chi connectivity index (χ3n) is 6.92. The normalized spacial score (nSPS) is 14.9. The Morgan fingerprint density at radius 1 is 0.854 bits per heavy atom. The Balaban J connectivity index is 1.43. The Bertz CT molecular complexity index is 1400. The largest absolute Gasteiger partial charge is 0.444 e. The van der Waals surface area contributed by atoms with Gasteiger partial charge in [-0.2, -0.15) is 0 Å². The van der Waals surface area contributed by atoms with Gasteiger partial charge >= 0.3 is 6.09 Å². The van der Waals surface area contributed by atoms with Crippen LogP contribution in [0.15, 0.2) is 127 Å². The van der Waals surface area contributed by atoms with E-state index in [4.69, 9.17) is 15.5 Å². The Morgan fingerprint density at radius 2 is 1.37 bits per heavy atom. The fourth-order valence-corrected chi connectivity index (χ4v) is 6.73. The van der Waals surface area contributed by atoms with Crippen molar-refractivity contribution in [2.75, 3.05) is 13.2 Å². The van der Waals surface area contributed by atoms with Crippen molar-refractivity contribution >= 4 is 23.5 Å². The smallest absolute Gasteiger partial charge is 0.414 e. The van der Waals surface area contributed by atoms with Crippen molar-refractivity contribution in [1.29, 1.82) is 0 Å². The molecule has 5 rings (SSSR count). The maximum Gasteiger partial charge on any atom is 0.414 e. The van der Waals surface area contributed by atoms with Crippen LogP contribution in [0.5, 0.6) is 0 Å². The summed E-state index contributed by atoms with van der Waals surface area (Å²) in [6.07, 6.45) is 1.47. The lowest BCUT2D eigenvalue weighted by atomic mass is 9.84. The first-order valence-corrected chi connectivity index (χ1v) is 13.9. The summed E-state index contributed by atoms with van der Waals surface area (Å²) in [6.45, 7) is 0.374. The van der Waals surface area contributed by atoms with E-state index in [1.807, 2.05) is 60.7 Å². The molecule has 0 saturated heterocycles. The molecule has 1 atom stereocenters. The molecule has 1 aliphatic heterocycles. The zero-order chi connectivity index (χ0) is 28.7. The quantitative estimate of drug-likeness (QED) is 0.134. The predicted octanol–water partition coefficient (Wildman–Crippen LogP) is 6.42. The number of non-ortho nitro benzene ring substituents is 1. The molecule has 0 radical (unpaired) electrons. The first kappa shape index (κ1) is 28.1. The average molecular weight is 568 g/mol. The minimum atomic E-state index is -0.571. The molecule has 9 heteroatoms. The lowest BCUT2D eigenvalue weighted by molar-refractivity contribution is -0.384. The van der Waals surface area contributed by atoms with Crippen LogP contribution in [-0.4, -0.2) is 34.3 Å². The highest BCUT2D eigenvalue weighted by molar-refractivity contribution is 8.01. The minimum absolute atomic E-state index is 0.0239. The van der Waals surface area contributed by atoms with E-state index in [0.29, 0.717) is 17.8 Å². The number of carbonyl (C=O) groups is 1. The second-order valence-corrected chi connectivity index (χ2v) is 10.9. The number of ether oxygens (including phenoxy) is 1. The van der Waals surface area contributed by atoms with Crippen LogP contribution in [0.4, 0.5) is 10.5 Å². The second-order valence-electron chi connectivity index (χ2n) is 9.49. The van der Waals surface area contributed by atoms with E-state index in [1.54, 1.807) is 28.8 Å². The zero-order valence-electron chi connectivity index (χ0n) is 22.2.